The Morgan fingerprint density at radius 1 is 1.11 bits per heavy atom. The van der Waals surface area contributed by atoms with Gasteiger partial charge in [-0.1, -0.05) is 6.07 Å². The van der Waals surface area contributed by atoms with Gasteiger partial charge < -0.3 is 5.32 Å². The monoisotopic (exact) mass is 267 g/mol. The first kappa shape index (κ1) is 13.0. The molecule has 0 spiro atoms. The third-order valence-electron chi connectivity index (χ3n) is 2.22. The van der Waals surface area contributed by atoms with E-state index in [1.54, 1.807) is 0 Å². The van der Waals surface area contributed by atoms with Crippen LogP contribution in [0.25, 0.3) is 0 Å². The Morgan fingerprint density at radius 2 is 1.79 bits per heavy atom. The van der Waals surface area contributed by atoms with Crippen LogP contribution in [0.1, 0.15) is 16.2 Å². The molecule has 98 valence electrons. The summed E-state index contributed by atoms with van der Waals surface area (Å²) < 4.78 is 37.5. The number of benzene rings is 1. The zero-order valence-electron chi connectivity index (χ0n) is 9.48. The van der Waals surface area contributed by atoms with E-state index in [1.807, 2.05) is 0 Å². The van der Waals surface area contributed by atoms with Gasteiger partial charge in [0.25, 0.3) is 5.91 Å². The highest BCUT2D eigenvalue weighted by Crippen LogP contribution is 2.30. The molecule has 0 bridgehead atoms. The number of nitrogens with zero attached hydrogens (tertiary/aromatic N) is 2. The number of aromatic nitrogens is 2. The summed E-state index contributed by atoms with van der Waals surface area (Å²) in [5.41, 5.74) is -0.799. The van der Waals surface area contributed by atoms with E-state index in [2.05, 4.69) is 15.3 Å². The third-order valence-corrected chi connectivity index (χ3v) is 2.22. The van der Waals surface area contributed by atoms with Gasteiger partial charge in [0.1, 0.15) is 0 Å². The molecule has 0 fully saturated rings. The van der Waals surface area contributed by atoms with Crippen LogP contribution in [-0.2, 0) is 6.18 Å². The summed E-state index contributed by atoms with van der Waals surface area (Å²) >= 11 is 0. The molecule has 2 aromatic rings. The normalized spacial score (nSPS) is 11.1. The van der Waals surface area contributed by atoms with Gasteiger partial charge in [0.2, 0.25) is 5.82 Å². The van der Waals surface area contributed by atoms with Crippen molar-refractivity contribution in [2.75, 3.05) is 5.32 Å². The molecular weight excluding hydrogens is 259 g/mol. The molecule has 0 saturated carbocycles. The molecule has 1 N–H and O–H groups in total. The molecule has 19 heavy (non-hydrogen) atoms. The molecule has 1 heterocycles. The molecule has 4 nitrogen and oxygen atoms in total. The van der Waals surface area contributed by atoms with E-state index in [4.69, 9.17) is 0 Å². The first-order valence-electron chi connectivity index (χ1n) is 5.22. The standard InChI is InChI=1S/C12H8F3N3O/c13-12(14,15)8-3-1-4-9(7-8)18-11(19)10-16-5-2-6-17-10/h1-7H,(H,18,19). The minimum Gasteiger partial charge on any atom is -0.319 e. The lowest BCUT2D eigenvalue weighted by atomic mass is 10.2. The molecule has 0 saturated heterocycles. The van der Waals surface area contributed by atoms with Crippen LogP contribution in [0.3, 0.4) is 0 Å². The lowest BCUT2D eigenvalue weighted by Gasteiger charge is -2.09. The van der Waals surface area contributed by atoms with E-state index in [9.17, 15) is 18.0 Å². The van der Waals surface area contributed by atoms with Crippen molar-refractivity contribution < 1.29 is 18.0 Å². The summed E-state index contributed by atoms with van der Waals surface area (Å²) in [4.78, 5) is 19.1. The maximum Gasteiger partial charge on any atom is 0.416 e. The van der Waals surface area contributed by atoms with E-state index in [1.165, 1.54) is 30.6 Å². The smallest absolute Gasteiger partial charge is 0.319 e. The summed E-state index contributed by atoms with van der Waals surface area (Å²) in [6.07, 6.45) is -1.72. The number of anilines is 1. The number of rotatable bonds is 2. The molecule has 0 radical (unpaired) electrons. The Hall–Kier alpha value is -2.44. The second-order valence-electron chi connectivity index (χ2n) is 3.61. The fraction of sp³-hybridized carbons (Fsp3) is 0.0833. The molecule has 0 aliphatic carbocycles. The van der Waals surface area contributed by atoms with Crippen LogP contribution in [-0.4, -0.2) is 15.9 Å². The number of halogens is 3. The molecule has 1 aromatic carbocycles. The number of hydrogen-bond donors (Lipinski definition) is 1. The van der Waals surface area contributed by atoms with E-state index in [0.29, 0.717) is 0 Å². The van der Waals surface area contributed by atoms with Gasteiger partial charge in [-0.25, -0.2) is 9.97 Å². The Morgan fingerprint density at radius 3 is 2.42 bits per heavy atom. The van der Waals surface area contributed by atoms with E-state index < -0.39 is 17.6 Å². The number of carbonyl (C=O) groups excluding carboxylic acids is 1. The molecular formula is C12H8F3N3O. The molecule has 0 unspecified atom stereocenters. The van der Waals surface area contributed by atoms with Crippen molar-refractivity contribution in [1.29, 1.82) is 0 Å². The summed E-state index contributed by atoms with van der Waals surface area (Å²) in [5, 5.41) is 2.31. The lowest BCUT2D eigenvalue weighted by molar-refractivity contribution is -0.137. The van der Waals surface area contributed by atoms with Crippen LogP contribution in [0.15, 0.2) is 42.7 Å². The minimum absolute atomic E-state index is 0.0345. The van der Waals surface area contributed by atoms with Crippen LogP contribution in [0.4, 0.5) is 18.9 Å². The predicted molar refractivity (Wildman–Crippen MR) is 61.4 cm³/mol. The zero-order chi connectivity index (χ0) is 13.9. The van der Waals surface area contributed by atoms with Crippen LogP contribution in [0.5, 0.6) is 0 Å². The molecule has 1 amide bonds. The molecule has 0 aliphatic rings. The van der Waals surface area contributed by atoms with Gasteiger partial charge in [-0.2, -0.15) is 13.2 Å². The Labute approximate surface area is 106 Å². The van der Waals surface area contributed by atoms with E-state index in [-0.39, 0.29) is 11.5 Å². The molecule has 2 rings (SSSR count). The van der Waals surface area contributed by atoms with E-state index >= 15 is 0 Å². The van der Waals surface area contributed by atoms with Gasteiger partial charge in [-0.3, -0.25) is 4.79 Å². The topological polar surface area (TPSA) is 54.9 Å². The number of alkyl halides is 3. The second-order valence-corrected chi connectivity index (χ2v) is 3.61. The van der Waals surface area contributed by atoms with Gasteiger partial charge in [0.05, 0.1) is 5.56 Å². The van der Waals surface area contributed by atoms with Crippen molar-refractivity contribution in [1.82, 2.24) is 9.97 Å². The maximum absolute atomic E-state index is 12.5. The third kappa shape index (κ3) is 3.27. The van der Waals surface area contributed by atoms with Crippen molar-refractivity contribution in [3.8, 4) is 0 Å². The molecule has 0 aliphatic heterocycles. The summed E-state index contributed by atoms with van der Waals surface area (Å²) in [5.74, 6) is -0.778. The SMILES string of the molecule is O=C(Nc1cccc(C(F)(F)F)c1)c1ncccn1. The van der Waals surface area contributed by atoms with Crippen molar-refractivity contribution >= 4 is 11.6 Å². The number of carbonyl (C=O) groups is 1. The Kier molecular flexibility index (Phi) is 3.46. The quantitative estimate of drug-likeness (QED) is 0.910. The lowest BCUT2D eigenvalue weighted by Crippen LogP contribution is -2.15. The largest absolute Gasteiger partial charge is 0.416 e. The van der Waals surface area contributed by atoms with Crippen LogP contribution >= 0.6 is 0 Å². The molecule has 7 heteroatoms. The van der Waals surface area contributed by atoms with Gasteiger partial charge >= 0.3 is 6.18 Å². The molecule has 0 atom stereocenters. The van der Waals surface area contributed by atoms with Crippen molar-refractivity contribution in [2.45, 2.75) is 6.18 Å². The van der Waals surface area contributed by atoms with Crippen LogP contribution in [0.2, 0.25) is 0 Å². The fourth-order valence-corrected chi connectivity index (χ4v) is 1.38. The summed E-state index contributed by atoms with van der Waals surface area (Å²) in [6.45, 7) is 0. The summed E-state index contributed by atoms with van der Waals surface area (Å²) in [7, 11) is 0. The van der Waals surface area contributed by atoms with Crippen molar-refractivity contribution in [3.05, 3.63) is 54.1 Å². The highest BCUT2D eigenvalue weighted by atomic mass is 19.4. The van der Waals surface area contributed by atoms with Crippen LogP contribution < -0.4 is 5.32 Å². The first-order valence-corrected chi connectivity index (χ1v) is 5.22. The fourth-order valence-electron chi connectivity index (χ4n) is 1.38. The summed E-state index contributed by atoms with van der Waals surface area (Å²) in [6, 6.07) is 5.87. The minimum atomic E-state index is -4.45. The number of nitrogens with one attached hydrogen (secondary N) is 1. The zero-order valence-corrected chi connectivity index (χ0v) is 9.48. The van der Waals surface area contributed by atoms with Crippen LogP contribution in [0, 0.1) is 0 Å². The highest BCUT2D eigenvalue weighted by Gasteiger charge is 2.30. The average molecular weight is 267 g/mol. The maximum atomic E-state index is 12.5. The predicted octanol–water partition coefficient (Wildman–Crippen LogP) is 2.75. The van der Waals surface area contributed by atoms with E-state index in [0.717, 1.165) is 12.1 Å². The number of amides is 1. The Balaban J connectivity index is 2.18. The Bertz CT molecular complexity index is 584. The first-order chi connectivity index (χ1) is 8.97. The molecule has 1 aromatic heterocycles. The highest BCUT2D eigenvalue weighted by molar-refractivity contribution is 6.01. The average Bonchev–Trinajstić information content (AvgIpc) is 2.39. The van der Waals surface area contributed by atoms with Gasteiger partial charge in [-0.05, 0) is 24.3 Å². The van der Waals surface area contributed by atoms with Crippen molar-refractivity contribution in [2.24, 2.45) is 0 Å². The van der Waals surface area contributed by atoms with Gasteiger partial charge in [0, 0.05) is 18.1 Å². The van der Waals surface area contributed by atoms with Gasteiger partial charge in [0.15, 0.2) is 0 Å². The second kappa shape index (κ2) is 5.05. The van der Waals surface area contributed by atoms with Gasteiger partial charge in [-0.15, -0.1) is 0 Å². The number of hydrogen-bond acceptors (Lipinski definition) is 3. The van der Waals surface area contributed by atoms with Crippen molar-refractivity contribution in [3.63, 3.8) is 0 Å².